The van der Waals surface area contributed by atoms with E-state index in [1.165, 1.54) is 5.56 Å². The summed E-state index contributed by atoms with van der Waals surface area (Å²) < 4.78 is 8.56. The summed E-state index contributed by atoms with van der Waals surface area (Å²) in [5, 5.41) is 13.7. The second-order valence-electron chi connectivity index (χ2n) is 12.6. The summed E-state index contributed by atoms with van der Waals surface area (Å²) >= 11 is 0. The fourth-order valence-corrected chi connectivity index (χ4v) is 5.97. The van der Waals surface area contributed by atoms with Crippen molar-refractivity contribution < 1.29 is 30.9 Å². The minimum absolute atomic E-state index is 0. The number of rotatable bonds is 5. The quantitative estimate of drug-likeness (QED) is 0.177. The predicted molar refractivity (Wildman–Crippen MR) is 179 cm³/mol. The van der Waals surface area contributed by atoms with Gasteiger partial charge >= 0.3 is 0 Å². The third-order valence-electron chi connectivity index (χ3n) is 8.27. The van der Waals surface area contributed by atoms with Gasteiger partial charge in [0.25, 0.3) is 0 Å². The smallest absolute Gasteiger partial charge is 0.217 e. The van der Waals surface area contributed by atoms with E-state index in [-0.39, 0.29) is 38.1 Å². The fraction of sp³-hybridized carbons (Fsp3) is 0.179. The summed E-state index contributed by atoms with van der Waals surface area (Å²) in [4.78, 5) is 9.63. The molecule has 3 aromatic heterocycles. The molecule has 0 atom stereocenters. The zero-order valence-corrected chi connectivity index (χ0v) is 28.2. The summed E-state index contributed by atoms with van der Waals surface area (Å²) in [5.74, 6) is 2.11. The van der Waals surface area contributed by atoms with Gasteiger partial charge in [0.05, 0.1) is 0 Å². The Hall–Kier alpha value is -4.47. The van der Waals surface area contributed by atoms with E-state index in [9.17, 15) is 5.11 Å². The number of phenolic OH excluding ortho intramolecular Hbond substituents is 1. The molecule has 0 saturated heterocycles. The molecule has 0 unspecified atom stereocenters. The average molecular weight is 772 g/mol. The average Bonchev–Trinajstić information content (AvgIpc) is 3.35. The number of pyridine rings is 2. The molecule has 6 heteroatoms. The molecule has 7 rings (SSSR count). The summed E-state index contributed by atoms with van der Waals surface area (Å²) in [6, 6.07) is 36.1. The van der Waals surface area contributed by atoms with E-state index in [4.69, 9.17) is 14.7 Å². The zero-order chi connectivity index (χ0) is 30.6. The van der Waals surface area contributed by atoms with E-state index in [0.29, 0.717) is 17.1 Å². The number of nitrogens with zero attached hydrogens (tertiary/aromatic N) is 3. The molecule has 0 fully saturated rings. The van der Waals surface area contributed by atoms with Crippen LogP contribution in [0.1, 0.15) is 51.7 Å². The van der Waals surface area contributed by atoms with Crippen LogP contribution in [-0.4, -0.2) is 19.6 Å². The van der Waals surface area contributed by atoms with Crippen molar-refractivity contribution in [2.75, 3.05) is 0 Å². The molecule has 0 amide bonds. The second-order valence-corrected chi connectivity index (χ2v) is 12.6. The van der Waals surface area contributed by atoms with Gasteiger partial charge in [-0.3, -0.25) is 0 Å². The molecule has 45 heavy (non-hydrogen) atoms. The van der Waals surface area contributed by atoms with Gasteiger partial charge in [0, 0.05) is 50.0 Å². The number of phenols is 1. The predicted octanol–water partition coefficient (Wildman–Crippen LogP) is 10.1. The van der Waals surface area contributed by atoms with Gasteiger partial charge in [-0.25, -0.2) is 9.97 Å². The van der Waals surface area contributed by atoms with E-state index < -0.39 is 0 Å². The van der Waals surface area contributed by atoms with Crippen molar-refractivity contribution in [3.05, 3.63) is 120 Å². The number of hydrogen-bond acceptors (Lipinski definition) is 4. The van der Waals surface area contributed by atoms with Gasteiger partial charge in [-0.2, -0.15) is 6.07 Å². The van der Waals surface area contributed by atoms with Crippen LogP contribution in [0.4, 0.5) is 0 Å². The Labute approximate surface area is 277 Å². The number of ether oxygens (including phenoxy) is 1. The van der Waals surface area contributed by atoms with Crippen molar-refractivity contribution in [1.29, 1.82) is 0 Å². The first kappa shape index (κ1) is 30.6. The SMILES string of the molecule is CC(C)c1cc(Oc2[c-]c3c(cc2)c2c(-c4ccccc4)cccc2n3-c2ccc(C(C)(C)C)cn2)nc2c(O)cccc12.[Pt]. The van der Waals surface area contributed by atoms with E-state index in [1.807, 2.05) is 36.5 Å². The van der Waals surface area contributed by atoms with Crippen molar-refractivity contribution in [1.82, 2.24) is 14.5 Å². The Kier molecular flexibility index (Phi) is 8.01. The molecule has 3 heterocycles. The van der Waals surface area contributed by atoms with Crippen LogP contribution in [0.15, 0.2) is 103 Å². The minimum atomic E-state index is -0.00387. The first-order valence-corrected chi connectivity index (χ1v) is 15.0. The summed E-state index contributed by atoms with van der Waals surface area (Å²) in [5.41, 5.74) is 6.96. The summed E-state index contributed by atoms with van der Waals surface area (Å²) in [7, 11) is 0. The van der Waals surface area contributed by atoms with Crippen molar-refractivity contribution in [2.24, 2.45) is 0 Å². The van der Waals surface area contributed by atoms with E-state index in [0.717, 1.165) is 49.7 Å². The third kappa shape index (κ3) is 5.51. The Balaban J connectivity index is 0.00000357. The van der Waals surface area contributed by atoms with Crippen molar-refractivity contribution in [3.63, 3.8) is 0 Å². The van der Waals surface area contributed by atoms with Gasteiger partial charge in [-0.15, -0.1) is 17.5 Å². The molecule has 0 aliphatic carbocycles. The normalized spacial score (nSPS) is 11.8. The van der Waals surface area contributed by atoms with Gasteiger partial charge in [0.2, 0.25) is 5.88 Å². The molecule has 228 valence electrons. The molecule has 0 radical (unpaired) electrons. The monoisotopic (exact) mass is 771 g/mol. The Morgan fingerprint density at radius 3 is 2.33 bits per heavy atom. The topological polar surface area (TPSA) is 60.2 Å². The first-order valence-electron chi connectivity index (χ1n) is 15.0. The van der Waals surface area contributed by atoms with Crippen molar-refractivity contribution in [2.45, 2.75) is 46.0 Å². The zero-order valence-electron chi connectivity index (χ0n) is 25.9. The van der Waals surface area contributed by atoms with Crippen LogP contribution in [0, 0.1) is 6.07 Å². The third-order valence-corrected chi connectivity index (χ3v) is 8.27. The number of aromatic hydroxyl groups is 1. The van der Waals surface area contributed by atoms with Crippen LogP contribution in [0.2, 0.25) is 0 Å². The molecule has 0 spiro atoms. The second kappa shape index (κ2) is 11.8. The Morgan fingerprint density at radius 2 is 1.62 bits per heavy atom. The molecule has 5 nitrogen and oxygen atoms in total. The van der Waals surface area contributed by atoms with Gasteiger partial charge in [0.15, 0.2) is 0 Å². The Morgan fingerprint density at radius 1 is 0.844 bits per heavy atom. The van der Waals surface area contributed by atoms with E-state index >= 15 is 0 Å². The van der Waals surface area contributed by atoms with Gasteiger partial charge in [-0.05, 0) is 57.2 Å². The van der Waals surface area contributed by atoms with Crippen LogP contribution < -0.4 is 4.74 Å². The number of para-hydroxylation sites is 1. The molecule has 1 N–H and O–H groups in total. The maximum Gasteiger partial charge on any atom is 0.217 e. The molecular weight excluding hydrogens is 738 g/mol. The largest absolute Gasteiger partial charge is 0.506 e. The first-order chi connectivity index (χ1) is 21.2. The van der Waals surface area contributed by atoms with E-state index in [2.05, 4.69) is 106 Å². The molecule has 7 aromatic rings. The number of aromatic nitrogens is 3. The number of benzene rings is 4. The van der Waals surface area contributed by atoms with Crippen LogP contribution in [0.3, 0.4) is 0 Å². The Bertz CT molecular complexity index is 2160. The summed E-state index contributed by atoms with van der Waals surface area (Å²) in [6.45, 7) is 10.8. The maximum atomic E-state index is 10.6. The van der Waals surface area contributed by atoms with Crippen molar-refractivity contribution >= 4 is 32.7 Å². The minimum Gasteiger partial charge on any atom is -0.506 e. The van der Waals surface area contributed by atoms with Gasteiger partial charge in [0.1, 0.15) is 17.1 Å². The number of fused-ring (bicyclic) bond motifs is 4. The molecule has 4 aromatic carbocycles. The van der Waals surface area contributed by atoms with Gasteiger partial charge < -0.3 is 14.4 Å². The standard InChI is InChI=1S/C39H34N3O2.Pt/c1-24(2)31-22-36(41-38-29(31)14-10-16-34(38)43)44-27-18-19-30-33(21-27)42(35-20-17-26(23-40-35)39(3,4)5)32-15-9-13-28(37(30)32)25-11-7-6-8-12-25;/h6-20,22-24,43H,1-5H3;/q-1;. The summed E-state index contributed by atoms with van der Waals surface area (Å²) in [6.07, 6.45) is 1.97. The van der Waals surface area contributed by atoms with Crippen LogP contribution in [0.25, 0.3) is 49.7 Å². The van der Waals surface area contributed by atoms with Gasteiger partial charge in [-0.1, -0.05) is 101 Å². The van der Waals surface area contributed by atoms with Crippen LogP contribution >= 0.6 is 0 Å². The molecular formula is C39H34N3O2Pt-. The van der Waals surface area contributed by atoms with Crippen LogP contribution in [0.5, 0.6) is 17.4 Å². The molecule has 0 bridgehead atoms. The number of hydrogen-bond donors (Lipinski definition) is 1. The molecule has 0 aliphatic heterocycles. The molecule has 0 saturated carbocycles. The fourth-order valence-electron chi connectivity index (χ4n) is 5.97. The van der Waals surface area contributed by atoms with E-state index in [1.54, 1.807) is 6.07 Å². The van der Waals surface area contributed by atoms with Crippen molar-refractivity contribution in [3.8, 4) is 34.3 Å². The maximum absolute atomic E-state index is 10.6. The van der Waals surface area contributed by atoms with Crippen LogP contribution in [-0.2, 0) is 26.5 Å². The molecule has 0 aliphatic rings.